The van der Waals surface area contributed by atoms with Gasteiger partial charge >= 0.3 is 0 Å². The Labute approximate surface area is 178 Å². The zero-order chi connectivity index (χ0) is 21.9. The second kappa shape index (κ2) is 8.78. The number of rotatable bonds is 8. The van der Waals surface area contributed by atoms with Crippen molar-refractivity contribution >= 4 is 44.6 Å². The summed E-state index contributed by atoms with van der Waals surface area (Å²) in [5, 5.41) is 2.66. The number of hydrogen-bond acceptors (Lipinski definition) is 7. The van der Waals surface area contributed by atoms with Gasteiger partial charge in [-0.3, -0.25) is 4.79 Å². The van der Waals surface area contributed by atoms with Gasteiger partial charge in [-0.15, -0.1) is 6.58 Å². The molecule has 1 atom stereocenters. The highest BCUT2D eigenvalue weighted by molar-refractivity contribution is 7.89. The number of halogens is 1. The lowest BCUT2D eigenvalue weighted by Gasteiger charge is -2.19. The third-order valence-electron chi connectivity index (χ3n) is 4.18. The number of carbonyl (C=O) groups excluding carboxylic acids is 1. The van der Waals surface area contributed by atoms with Crippen LogP contribution in [0.4, 0.5) is 5.95 Å². The second-order valence-corrected chi connectivity index (χ2v) is 8.53. The molecule has 3 rings (SSSR count). The van der Waals surface area contributed by atoms with E-state index in [1.54, 1.807) is 12.1 Å². The largest absolute Gasteiger partial charge is 0.368 e. The van der Waals surface area contributed by atoms with E-state index in [2.05, 4.69) is 31.6 Å². The van der Waals surface area contributed by atoms with Crippen molar-refractivity contribution in [3.8, 4) is 0 Å². The molecule has 12 heteroatoms. The van der Waals surface area contributed by atoms with Crippen LogP contribution in [-0.4, -0.2) is 46.4 Å². The number of hydrogen-bond donors (Lipinski definition) is 3. The number of nitrogens with two attached hydrogens (primary N) is 1. The molecule has 0 radical (unpaired) electrons. The molecule has 0 fully saturated rings. The number of anilines is 1. The minimum atomic E-state index is -3.97. The molecule has 0 saturated heterocycles. The van der Waals surface area contributed by atoms with E-state index in [-0.39, 0.29) is 40.3 Å². The Bertz CT molecular complexity index is 1190. The first-order valence-electron chi connectivity index (χ1n) is 8.82. The molecule has 1 aromatic carbocycles. The second-order valence-electron chi connectivity index (χ2n) is 6.46. The molecule has 0 aliphatic rings. The Hall–Kier alpha value is -3.02. The summed E-state index contributed by atoms with van der Waals surface area (Å²) in [5.74, 6) is -0.609. The van der Waals surface area contributed by atoms with Crippen molar-refractivity contribution in [2.24, 2.45) is 0 Å². The number of nitrogens with zero attached hydrogens (tertiary/aromatic N) is 4. The van der Waals surface area contributed by atoms with Gasteiger partial charge in [0.1, 0.15) is 11.6 Å². The number of carbonyl (C=O) groups is 1. The van der Waals surface area contributed by atoms with Crippen LogP contribution in [0.15, 0.2) is 48.1 Å². The van der Waals surface area contributed by atoms with Crippen molar-refractivity contribution in [2.45, 2.75) is 24.4 Å². The number of fused-ring (bicyclic) bond motifs is 1. The van der Waals surface area contributed by atoms with Gasteiger partial charge in [-0.1, -0.05) is 35.4 Å². The third-order valence-corrected chi connectivity index (χ3v) is 5.93. The Morgan fingerprint density at radius 2 is 2.03 bits per heavy atom. The summed E-state index contributed by atoms with van der Waals surface area (Å²) in [6, 6.07) is 5.12. The first-order chi connectivity index (χ1) is 14.2. The van der Waals surface area contributed by atoms with Crippen LogP contribution < -0.4 is 15.8 Å². The number of nitrogens with one attached hydrogen (secondary N) is 2. The van der Waals surface area contributed by atoms with Crippen LogP contribution >= 0.6 is 11.6 Å². The molecular formula is C18H20ClN7O3S. The molecule has 158 valence electrons. The van der Waals surface area contributed by atoms with Crippen molar-refractivity contribution in [2.75, 3.05) is 12.3 Å². The molecule has 0 bridgehead atoms. The fraction of sp³-hybridized carbons (Fsp3) is 0.222. The smallest absolute Gasteiger partial charge is 0.241 e. The van der Waals surface area contributed by atoms with E-state index in [9.17, 15) is 13.2 Å². The Kier molecular flexibility index (Phi) is 6.34. The van der Waals surface area contributed by atoms with Gasteiger partial charge < -0.3 is 15.6 Å². The molecule has 0 aliphatic heterocycles. The molecule has 2 heterocycles. The molecule has 0 spiro atoms. The predicted molar refractivity (Wildman–Crippen MR) is 113 cm³/mol. The number of sulfonamides is 1. The van der Waals surface area contributed by atoms with Crippen LogP contribution in [0.2, 0.25) is 5.15 Å². The summed E-state index contributed by atoms with van der Waals surface area (Å²) in [5.41, 5.74) is 7.13. The van der Waals surface area contributed by atoms with Crippen molar-refractivity contribution in [3.05, 3.63) is 54.0 Å². The molecule has 30 heavy (non-hydrogen) atoms. The summed E-state index contributed by atoms with van der Waals surface area (Å²) in [7, 11) is -3.97. The average molecular weight is 450 g/mol. The quantitative estimate of drug-likeness (QED) is 0.344. The zero-order valence-electron chi connectivity index (χ0n) is 16.0. The molecule has 0 aliphatic carbocycles. The van der Waals surface area contributed by atoms with Crippen LogP contribution in [-0.2, 0) is 21.4 Å². The number of benzene rings is 1. The van der Waals surface area contributed by atoms with Crippen molar-refractivity contribution in [1.82, 2.24) is 29.6 Å². The Morgan fingerprint density at radius 3 is 2.70 bits per heavy atom. The monoisotopic (exact) mass is 449 g/mol. The van der Waals surface area contributed by atoms with E-state index < -0.39 is 22.0 Å². The lowest BCUT2D eigenvalue weighted by Crippen LogP contribution is -2.49. The lowest BCUT2D eigenvalue weighted by atomic mass is 10.2. The van der Waals surface area contributed by atoms with Gasteiger partial charge in [0.25, 0.3) is 0 Å². The SMILES string of the molecule is C=CCNC(=O)[C@H](Cn1cnc2c(Cl)nc(N)nc21)NS(=O)(=O)c1ccc(C)cc1. The summed E-state index contributed by atoms with van der Waals surface area (Å²) in [4.78, 5) is 24.7. The highest BCUT2D eigenvalue weighted by Crippen LogP contribution is 2.20. The van der Waals surface area contributed by atoms with E-state index in [1.807, 2.05) is 6.92 Å². The topological polar surface area (TPSA) is 145 Å². The van der Waals surface area contributed by atoms with Crippen LogP contribution in [0, 0.1) is 6.92 Å². The van der Waals surface area contributed by atoms with Crippen LogP contribution in [0.25, 0.3) is 11.2 Å². The molecule has 1 amide bonds. The fourth-order valence-corrected chi connectivity index (χ4v) is 4.10. The van der Waals surface area contributed by atoms with Crippen molar-refractivity contribution < 1.29 is 13.2 Å². The normalized spacial score (nSPS) is 12.6. The number of nitrogen functional groups attached to an aromatic ring is 1. The van der Waals surface area contributed by atoms with E-state index in [1.165, 1.54) is 29.1 Å². The van der Waals surface area contributed by atoms with Gasteiger partial charge in [0.05, 0.1) is 17.8 Å². The van der Waals surface area contributed by atoms with Gasteiger partial charge in [0.15, 0.2) is 10.8 Å². The molecular weight excluding hydrogens is 430 g/mol. The van der Waals surface area contributed by atoms with E-state index >= 15 is 0 Å². The Morgan fingerprint density at radius 1 is 1.33 bits per heavy atom. The summed E-state index contributed by atoms with van der Waals surface area (Å²) < 4.78 is 29.6. The first kappa shape index (κ1) is 21.7. The molecule has 2 aromatic heterocycles. The zero-order valence-corrected chi connectivity index (χ0v) is 17.6. The molecule has 10 nitrogen and oxygen atoms in total. The molecule has 4 N–H and O–H groups in total. The van der Waals surface area contributed by atoms with Crippen LogP contribution in [0.5, 0.6) is 0 Å². The highest BCUT2D eigenvalue weighted by atomic mass is 35.5. The Balaban J connectivity index is 1.94. The van der Waals surface area contributed by atoms with Crippen molar-refractivity contribution in [1.29, 1.82) is 0 Å². The number of amides is 1. The summed E-state index contributed by atoms with van der Waals surface area (Å²) in [6.45, 7) is 5.46. The number of aromatic nitrogens is 4. The number of aryl methyl sites for hydroxylation is 1. The lowest BCUT2D eigenvalue weighted by molar-refractivity contribution is -0.122. The standard InChI is InChI=1S/C18H20ClN7O3S/c1-3-8-21-17(27)13(25-30(28,29)12-6-4-11(2)5-7-12)9-26-10-22-14-15(19)23-18(20)24-16(14)26/h3-7,10,13,25H,1,8-9H2,2H3,(H,21,27)(H2,20,23,24)/t13-/m0/s1. The highest BCUT2D eigenvalue weighted by Gasteiger charge is 2.27. The maximum atomic E-state index is 12.8. The average Bonchev–Trinajstić information content (AvgIpc) is 3.08. The van der Waals surface area contributed by atoms with Gasteiger partial charge in [-0.2, -0.15) is 14.7 Å². The van der Waals surface area contributed by atoms with Crippen molar-refractivity contribution in [3.63, 3.8) is 0 Å². The van der Waals surface area contributed by atoms with Gasteiger partial charge in [0.2, 0.25) is 21.9 Å². The van der Waals surface area contributed by atoms with Gasteiger partial charge in [-0.25, -0.2) is 13.4 Å². The first-order valence-corrected chi connectivity index (χ1v) is 10.7. The minimum Gasteiger partial charge on any atom is -0.368 e. The van der Waals surface area contributed by atoms with E-state index in [0.717, 1.165) is 5.56 Å². The van der Waals surface area contributed by atoms with Gasteiger partial charge in [-0.05, 0) is 19.1 Å². The molecule has 3 aromatic rings. The summed E-state index contributed by atoms with van der Waals surface area (Å²) in [6.07, 6.45) is 2.88. The molecule has 0 saturated carbocycles. The fourth-order valence-electron chi connectivity index (χ4n) is 2.70. The maximum Gasteiger partial charge on any atom is 0.241 e. The van der Waals surface area contributed by atoms with Gasteiger partial charge in [0, 0.05) is 6.54 Å². The predicted octanol–water partition coefficient (Wildman–Crippen LogP) is 1.02. The minimum absolute atomic E-state index is 0.0414. The van der Waals surface area contributed by atoms with Crippen LogP contribution in [0.3, 0.4) is 0 Å². The third kappa shape index (κ3) is 4.75. The van der Waals surface area contributed by atoms with Crippen LogP contribution in [0.1, 0.15) is 5.56 Å². The number of imidazole rings is 1. The molecule has 0 unspecified atom stereocenters. The summed E-state index contributed by atoms with van der Waals surface area (Å²) >= 11 is 6.03. The van der Waals surface area contributed by atoms with E-state index in [4.69, 9.17) is 17.3 Å². The maximum absolute atomic E-state index is 12.8. The van der Waals surface area contributed by atoms with E-state index in [0.29, 0.717) is 0 Å².